The molecule has 11 heteroatoms. The maximum atomic E-state index is 13.6. The van der Waals surface area contributed by atoms with Gasteiger partial charge in [-0.15, -0.1) is 10.2 Å². The lowest BCUT2D eigenvalue weighted by Gasteiger charge is -2.20. The third-order valence-electron chi connectivity index (χ3n) is 6.04. The maximum Gasteiger partial charge on any atom is 0.416 e. The summed E-state index contributed by atoms with van der Waals surface area (Å²) >= 11 is 0. The average Bonchev–Trinajstić information content (AvgIpc) is 3.54. The van der Waals surface area contributed by atoms with Gasteiger partial charge < -0.3 is 4.57 Å². The number of carbonyl (C=O) groups is 1. The molecular weight excluding hydrogens is 447 g/mol. The Morgan fingerprint density at radius 2 is 2.06 bits per heavy atom. The van der Waals surface area contributed by atoms with E-state index < -0.39 is 17.6 Å². The second kappa shape index (κ2) is 8.08. The summed E-state index contributed by atoms with van der Waals surface area (Å²) in [5, 5.41) is 14.8. The number of aromatic amines is 1. The number of H-pyrrole nitrogens is 1. The smallest absolute Gasteiger partial charge is 0.321 e. The SMILES string of the molecule is C[C@H](Cc1nncn1C)c1cc(-c2cn[nH]c2)nc(N2Cc3c(cccc3C(F)(F)F)C2=O)c1. The molecule has 0 bridgehead atoms. The standard InChI is InChI=1S/C23H20F3N7O/c1-13(6-21-31-29-12-32(21)2)14-7-19(15-9-27-28-10-15)30-20(8-14)33-11-17-16(22(33)34)4-3-5-18(17)23(24,25)26/h3-5,7-10,12-13H,6,11H2,1-2H3,(H,27,28)/t13-/m1/s1. The van der Waals surface area contributed by atoms with E-state index in [0.717, 1.165) is 17.5 Å². The van der Waals surface area contributed by atoms with Gasteiger partial charge in [0.15, 0.2) is 0 Å². The fraction of sp³-hybridized carbons (Fsp3) is 0.261. The van der Waals surface area contributed by atoms with Crippen molar-refractivity contribution in [3.05, 3.63) is 77.1 Å². The van der Waals surface area contributed by atoms with E-state index in [9.17, 15) is 18.0 Å². The molecule has 0 saturated heterocycles. The van der Waals surface area contributed by atoms with Crippen molar-refractivity contribution in [2.45, 2.75) is 32.0 Å². The number of hydrogen-bond acceptors (Lipinski definition) is 5. The number of alkyl halides is 3. The minimum absolute atomic E-state index is 0.0267. The summed E-state index contributed by atoms with van der Waals surface area (Å²) in [6.45, 7) is 1.80. The second-order valence-electron chi connectivity index (χ2n) is 8.31. The van der Waals surface area contributed by atoms with E-state index in [1.807, 2.05) is 24.6 Å². The molecule has 8 nitrogen and oxygen atoms in total. The predicted molar refractivity (Wildman–Crippen MR) is 117 cm³/mol. The van der Waals surface area contributed by atoms with Gasteiger partial charge in [0.1, 0.15) is 18.0 Å². The molecule has 4 aromatic rings. The van der Waals surface area contributed by atoms with E-state index in [4.69, 9.17) is 0 Å². The zero-order valence-corrected chi connectivity index (χ0v) is 18.3. The van der Waals surface area contributed by atoms with Crippen molar-refractivity contribution >= 4 is 11.7 Å². The van der Waals surface area contributed by atoms with Gasteiger partial charge in [-0.2, -0.15) is 18.3 Å². The van der Waals surface area contributed by atoms with Crippen LogP contribution in [-0.2, 0) is 26.2 Å². The molecule has 0 fully saturated rings. The number of nitrogens with one attached hydrogen (secondary N) is 1. The molecule has 34 heavy (non-hydrogen) atoms. The molecule has 4 heterocycles. The predicted octanol–water partition coefficient (Wildman–Crippen LogP) is 4.13. The number of amides is 1. The molecular formula is C23H20F3N7O. The molecule has 5 rings (SSSR count). The summed E-state index contributed by atoms with van der Waals surface area (Å²) in [6, 6.07) is 7.32. The summed E-state index contributed by atoms with van der Waals surface area (Å²) in [6.07, 6.45) is 0.924. The highest BCUT2D eigenvalue weighted by atomic mass is 19.4. The third-order valence-corrected chi connectivity index (χ3v) is 6.04. The Labute approximate surface area is 192 Å². The molecule has 1 amide bonds. The molecule has 0 radical (unpaired) electrons. The van der Waals surface area contributed by atoms with Crippen molar-refractivity contribution in [1.29, 1.82) is 0 Å². The first-order valence-electron chi connectivity index (χ1n) is 10.6. The Hall–Kier alpha value is -4.02. The fourth-order valence-corrected chi connectivity index (χ4v) is 4.17. The third kappa shape index (κ3) is 3.82. The largest absolute Gasteiger partial charge is 0.416 e. The Morgan fingerprint density at radius 1 is 1.24 bits per heavy atom. The minimum atomic E-state index is -4.55. The number of anilines is 1. The number of halogens is 3. The molecule has 0 saturated carbocycles. The average molecular weight is 467 g/mol. The lowest BCUT2D eigenvalue weighted by Crippen LogP contribution is -2.24. The van der Waals surface area contributed by atoms with Gasteiger partial charge in [0.25, 0.3) is 5.91 Å². The highest BCUT2D eigenvalue weighted by Gasteiger charge is 2.40. The van der Waals surface area contributed by atoms with Crippen LogP contribution in [0.25, 0.3) is 11.3 Å². The number of rotatable bonds is 5. The van der Waals surface area contributed by atoms with Crippen molar-refractivity contribution in [3.8, 4) is 11.3 Å². The molecule has 3 aromatic heterocycles. The fourth-order valence-electron chi connectivity index (χ4n) is 4.17. The van der Waals surface area contributed by atoms with Gasteiger partial charge in [-0.1, -0.05) is 13.0 Å². The van der Waals surface area contributed by atoms with E-state index in [1.54, 1.807) is 24.8 Å². The normalized spacial score (nSPS) is 14.5. The van der Waals surface area contributed by atoms with E-state index in [-0.39, 0.29) is 29.4 Å². The maximum absolute atomic E-state index is 13.6. The Bertz CT molecular complexity index is 1360. The molecule has 174 valence electrons. The van der Waals surface area contributed by atoms with Gasteiger partial charge in [-0.05, 0) is 41.3 Å². The summed E-state index contributed by atoms with van der Waals surface area (Å²) in [4.78, 5) is 19.0. The van der Waals surface area contributed by atoms with Crippen LogP contribution in [0.4, 0.5) is 19.0 Å². The summed E-state index contributed by atoms with van der Waals surface area (Å²) in [5.41, 5.74) is 1.33. The van der Waals surface area contributed by atoms with Crippen LogP contribution in [0, 0.1) is 0 Å². The van der Waals surface area contributed by atoms with Crippen LogP contribution in [-0.4, -0.2) is 35.9 Å². The van der Waals surface area contributed by atoms with E-state index >= 15 is 0 Å². The molecule has 0 aliphatic carbocycles. The van der Waals surface area contributed by atoms with Crippen LogP contribution in [0.1, 0.15) is 45.7 Å². The zero-order chi connectivity index (χ0) is 24.0. The summed E-state index contributed by atoms with van der Waals surface area (Å²) in [7, 11) is 1.86. The minimum Gasteiger partial charge on any atom is -0.321 e. The molecule has 1 aliphatic rings. The van der Waals surface area contributed by atoms with Gasteiger partial charge in [-0.25, -0.2) is 4.98 Å². The molecule has 1 atom stereocenters. The number of aryl methyl sites for hydroxylation is 1. The number of carbonyl (C=O) groups excluding carboxylic acids is 1. The monoisotopic (exact) mass is 467 g/mol. The Kier molecular flexibility index (Phi) is 5.18. The van der Waals surface area contributed by atoms with Gasteiger partial charge in [-0.3, -0.25) is 14.8 Å². The van der Waals surface area contributed by atoms with E-state index in [1.165, 1.54) is 17.0 Å². The summed E-state index contributed by atoms with van der Waals surface area (Å²) in [5.74, 6) is 0.536. The van der Waals surface area contributed by atoms with Crippen LogP contribution >= 0.6 is 0 Å². The van der Waals surface area contributed by atoms with Crippen molar-refractivity contribution in [3.63, 3.8) is 0 Å². The van der Waals surface area contributed by atoms with Crippen LogP contribution in [0.15, 0.2) is 49.1 Å². The molecule has 0 spiro atoms. The first-order chi connectivity index (χ1) is 16.2. The van der Waals surface area contributed by atoms with Gasteiger partial charge >= 0.3 is 6.18 Å². The molecule has 1 N–H and O–H groups in total. The number of aromatic nitrogens is 6. The van der Waals surface area contributed by atoms with E-state index in [2.05, 4.69) is 25.4 Å². The summed E-state index contributed by atoms with van der Waals surface area (Å²) < 4.78 is 42.5. The van der Waals surface area contributed by atoms with Crippen molar-refractivity contribution in [1.82, 2.24) is 29.9 Å². The highest BCUT2D eigenvalue weighted by Crippen LogP contribution is 2.39. The second-order valence-corrected chi connectivity index (χ2v) is 8.31. The number of pyridine rings is 1. The number of benzene rings is 1. The first-order valence-corrected chi connectivity index (χ1v) is 10.6. The number of fused-ring (bicyclic) bond motifs is 1. The van der Waals surface area contributed by atoms with Crippen molar-refractivity contribution in [2.75, 3.05) is 4.90 Å². The van der Waals surface area contributed by atoms with Gasteiger partial charge in [0, 0.05) is 30.8 Å². The highest BCUT2D eigenvalue weighted by molar-refractivity contribution is 6.10. The lowest BCUT2D eigenvalue weighted by molar-refractivity contribution is -0.138. The van der Waals surface area contributed by atoms with Crippen molar-refractivity contribution < 1.29 is 18.0 Å². The number of hydrogen-bond donors (Lipinski definition) is 1. The van der Waals surface area contributed by atoms with Crippen LogP contribution in [0.5, 0.6) is 0 Å². The Morgan fingerprint density at radius 3 is 2.74 bits per heavy atom. The number of nitrogens with zero attached hydrogens (tertiary/aromatic N) is 6. The quantitative estimate of drug-likeness (QED) is 0.477. The van der Waals surface area contributed by atoms with Gasteiger partial charge in [0.05, 0.1) is 24.0 Å². The Balaban J connectivity index is 1.56. The molecule has 0 unspecified atom stereocenters. The molecule has 1 aromatic carbocycles. The van der Waals surface area contributed by atoms with Crippen LogP contribution in [0.3, 0.4) is 0 Å². The lowest BCUT2D eigenvalue weighted by atomic mass is 9.96. The van der Waals surface area contributed by atoms with Crippen LogP contribution < -0.4 is 4.90 Å². The first kappa shape index (κ1) is 21.8. The zero-order valence-electron chi connectivity index (χ0n) is 18.3. The van der Waals surface area contributed by atoms with Crippen molar-refractivity contribution in [2.24, 2.45) is 7.05 Å². The van der Waals surface area contributed by atoms with E-state index in [0.29, 0.717) is 17.7 Å². The topological polar surface area (TPSA) is 92.6 Å². The van der Waals surface area contributed by atoms with Gasteiger partial charge in [0.2, 0.25) is 0 Å². The molecule has 1 aliphatic heterocycles. The van der Waals surface area contributed by atoms with Crippen LogP contribution in [0.2, 0.25) is 0 Å².